The van der Waals surface area contributed by atoms with Crippen molar-refractivity contribution >= 4 is 15.9 Å². The second kappa shape index (κ2) is 7.63. The zero-order chi connectivity index (χ0) is 20.9. The van der Waals surface area contributed by atoms with Gasteiger partial charge in [-0.25, -0.2) is 8.42 Å². The molecule has 1 atom stereocenters. The van der Waals surface area contributed by atoms with E-state index >= 15 is 0 Å². The van der Waals surface area contributed by atoms with Crippen LogP contribution in [0, 0.1) is 30.1 Å². The maximum Gasteiger partial charge on any atom is 0.243 e. The summed E-state index contributed by atoms with van der Waals surface area (Å²) < 4.78 is 27.6. The summed E-state index contributed by atoms with van der Waals surface area (Å²) in [5.74, 6) is 2.62. The molecule has 4 bridgehead atoms. The summed E-state index contributed by atoms with van der Waals surface area (Å²) in [5, 5.41) is 3.12. The minimum Gasteiger partial charge on any atom is -0.355 e. The molecule has 1 aliphatic heterocycles. The van der Waals surface area contributed by atoms with Gasteiger partial charge in [-0.2, -0.15) is 4.31 Å². The zero-order valence-electron chi connectivity index (χ0n) is 18.0. The Morgan fingerprint density at radius 1 is 1.07 bits per heavy atom. The van der Waals surface area contributed by atoms with Gasteiger partial charge in [0.15, 0.2) is 0 Å². The summed E-state index contributed by atoms with van der Waals surface area (Å²) in [6, 6.07) is 6.33. The maximum atomic E-state index is 13.1. The van der Waals surface area contributed by atoms with Gasteiger partial charge in [-0.1, -0.05) is 17.7 Å². The molecule has 5 aliphatic rings. The van der Waals surface area contributed by atoms with Crippen molar-refractivity contribution in [1.29, 1.82) is 0 Å². The zero-order valence-corrected chi connectivity index (χ0v) is 18.8. The summed E-state index contributed by atoms with van der Waals surface area (Å²) in [7, 11) is -3.64. The molecule has 1 amide bonds. The van der Waals surface area contributed by atoms with Gasteiger partial charge >= 0.3 is 0 Å². The molecule has 4 aliphatic carbocycles. The molecule has 4 saturated carbocycles. The first kappa shape index (κ1) is 20.5. The number of nitrogens with zero attached hydrogens (tertiary/aromatic N) is 1. The SMILES string of the molecule is Cc1ccc(S(=O)(=O)N2CCC[C@@H]2C(=O)NCCC23CC4CC(CC(C4)C2)C3)cc1. The van der Waals surface area contributed by atoms with Crippen LogP contribution in [0.2, 0.25) is 0 Å². The molecular formula is C24H34N2O3S. The molecule has 1 saturated heterocycles. The molecule has 1 heterocycles. The van der Waals surface area contributed by atoms with E-state index in [0.29, 0.717) is 24.9 Å². The van der Waals surface area contributed by atoms with E-state index in [9.17, 15) is 13.2 Å². The first-order valence-electron chi connectivity index (χ1n) is 11.7. The van der Waals surface area contributed by atoms with E-state index in [4.69, 9.17) is 0 Å². The van der Waals surface area contributed by atoms with E-state index in [2.05, 4.69) is 5.32 Å². The van der Waals surface area contributed by atoms with E-state index in [1.54, 1.807) is 12.1 Å². The second-order valence-electron chi connectivity index (χ2n) is 10.5. The van der Waals surface area contributed by atoms with E-state index < -0.39 is 16.1 Å². The Bertz CT molecular complexity index is 874. The van der Waals surface area contributed by atoms with Gasteiger partial charge in [0.05, 0.1) is 4.90 Å². The fraction of sp³-hybridized carbons (Fsp3) is 0.708. The van der Waals surface area contributed by atoms with Crippen LogP contribution >= 0.6 is 0 Å². The Hall–Kier alpha value is -1.40. The average molecular weight is 431 g/mol. The van der Waals surface area contributed by atoms with Gasteiger partial charge in [0.1, 0.15) is 6.04 Å². The second-order valence-corrected chi connectivity index (χ2v) is 12.4. The number of carbonyl (C=O) groups excluding carboxylic acids is 1. The number of nitrogens with one attached hydrogen (secondary N) is 1. The molecule has 164 valence electrons. The van der Waals surface area contributed by atoms with Crippen LogP contribution in [0.25, 0.3) is 0 Å². The fourth-order valence-electron chi connectivity index (χ4n) is 7.30. The van der Waals surface area contributed by atoms with Crippen LogP contribution in [0.15, 0.2) is 29.2 Å². The van der Waals surface area contributed by atoms with E-state index in [1.807, 2.05) is 19.1 Å². The van der Waals surface area contributed by atoms with E-state index in [-0.39, 0.29) is 10.8 Å². The number of carbonyl (C=O) groups is 1. The summed E-state index contributed by atoms with van der Waals surface area (Å²) in [5.41, 5.74) is 1.46. The molecule has 1 aromatic rings. The monoisotopic (exact) mass is 430 g/mol. The lowest BCUT2D eigenvalue weighted by molar-refractivity contribution is -0.124. The van der Waals surface area contributed by atoms with Gasteiger partial charge in [0, 0.05) is 13.1 Å². The van der Waals surface area contributed by atoms with Crippen molar-refractivity contribution in [3.63, 3.8) is 0 Å². The lowest BCUT2D eigenvalue weighted by Crippen LogP contribution is -2.49. The summed E-state index contributed by atoms with van der Waals surface area (Å²) in [6.07, 6.45) is 10.7. The lowest BCUT2D eigenvalue weighted by Gasteiger charge is -2.57. The van der Waals surface area contributed by atoms with Crippen LogP contribution in [0.4, 0.5) is 0 Å². The quantitative estimate of drug-likeness (QED) is 0.745. The highest BCUT2D eigenvalue weighted by Gasteiger charge is 2.50. The summed E-state index contributed by atoms with van der Waals surface area (Å²) in [4.78, 5) is 13.2. The van der Waals surface area contributed by atoms with Crippen LogP contribution in [0.1, 0.15) is 63.4 Å². The molecule has 5 nitrogen and oxygen atoms in total. The smallest absolute Gasteiger partial charge is 0.243 e. The van der Waals surface area contributed by atoms with Crippen molar-refractivity contribution in [2.24, 2.45) is 23.2 Å². The number of benzene rings is 1. The number of rotatable bonds is 6. The van der Waals surface area contributed by atoms with Crippen LogP contribution in [-0.4, -0.2) is 37.8 Å². The van der Waals surface area contributed by atoms with Gasteiger partial charge < -0.3 is 5.32 Å². The highest BCUT2D eigenvalue weighted by Crippen LogP contribution is 2.61. The molecule has 5 fully saturated rings. The minimum absolute atomic E-state index is 0.118. The third kappa shape index (κ3) is 3.70. The molecule has 0 unspecified atom stereocenters. The molecular weight excluding hydrogens is 396 g/mol. The van der Waals surface area contributed by atoms with Gasteiger partial charge in [0.2, 0.25) is 15.9 Å². The van der Waals surface area contributed by atoms with Crippen molar-refractivity contribution in [1.82, 2.24) is 9.62 Å². The van der Waals surface area contributed by atoms with Crippen molar-refractivity contribution in [3.8, 4) is 0 Å². The molecule has 0 radical (unpaired) electrons. The molecule has 6 heteroatoms. The van der Waals surface area contributed by atoms with Crippen LogP contribution in [0.5, 0.6) is 0 Å². The Balaban J connectivity index is 1.21. The molecule has 1 aromatic carbocycles. The molecule has 30 heavy (non-hydrogen) atoms. The van der Waals surface area contributed by atoms with Crippen LogP contribution < -0.4 is 5.32 Å². The number of sulfonamides is 1. The minimum atomic E-state index is -3.64. The maximum absolute atomic E-state index is 13.1. The van der Waals surface area contributed by atoms with Crippen LogP contribution in [-0.2, 0) is 14.8 Å². The Labute approximate surface area is 180 Å². The number of amides is 1. The highest BCUT2D eigenvalue weighted by atomic mass is 32.2. The topological polar surface area (TPSA) is 66.5 Å². The summed E-state index contributed by atoms with van der Waals surface area (Å²) in [6.45, 7) is 3.04. The molecule has 0 aromatic heterocycles. The average Bonchev–Trinajstić information content (AvgIpc) is 3.18. The van der Waals surface area contributed by atoms with Crippen molar-refractivity contribution in [3.05, 3.63) is 29.8 Å². The molecule has 6 rings (SSSR count). The summed E-state index contributed by atoms with van der Waals surface area (Å²) >= 11 is 0. The first-order chi connectivity index (χ1) is 14.3. The molecule has 0 spiro atoms. The largest absolute Gasteiger partial charge is 0.355 e. The fourth-order valence-corrected chi connectivity index (χ4v) is 8.96. The predicted molar refractivity (Wildman–Crippen MR) is 116 cm³/mol. The van der Waals surface area contributed by atoms with Crippen LogP contribution in [0.3, 0.4) is 0 Å². The van der Waals surface area contributed by atoms with Gasteiger partial charge in [-0.15, -0.1) is 0 Å². The van der Waals surface area contributed by atoms with Crippen molar-refractivity contribution in [2.45, 2.75) is 75.6 Å². The molecule has 1 N–H and O–H groups in total. The highest BCUT2D eigenvalue weighted by molar-refractivity contribution is 7.89. The first-order valence-corrected chi connectivity index (χ1v) is 13.1. The Morgan fingerprint density at radius 3 is 2.27 bits per heavy atom. The third-order valence-electron chi connectivity index (χ3n) is 8.25. The number of hydrogen-bond acceptors (Lipinski definition) is 3. The van der Waals surface area contributed by atoms with Gasteiger partial charge in [-0.3, -0.25) is 4.79 Å². The standard InChI is InChI=1S/C24H34N2O3S/c1-17-4-6-21(7-5-17)30(28,29)26-10-2-3-22(26)23(27)25-9-8-24-14-18-11-19(15-24)13-20(12-18)16-24/h4-7,18-20,22H,2-3,8-16H2,1H3,(H,25,27)/t18?,19?,20?,22-,24?/m1/s1. The number of hydrogen-bond donors (Lipinski definition) is 1. The van der Waals surface area contributed by atoms with E-state index in [0.717, 1.165) is 36.2 Å². The van der Waals surface area contributed by atoms with Gasteiger partial charge in [-0.05, 0) is 100 Å². The number of aryl methyl sites for hydroxylation is 1. The predicted octanol–water partition coefficient (Wildman–Crippen LogP) is 3.87. The lowest BCUT2D eigenvalue weighted by atomic mass is 9.49. The van der Waals surface area contributed by atoms with E-state index in [1.165, 1.54) is 42.8 Å². The normalized spacial score (nSPS) is 35.6. The Morgan fingerprint density at radius 2 is 1.67 bits per heavy atom. The Kier molecular flexibility index (Phi) is 5.21. The van der Waals surface area contributed by atoms with Crippen molar-refractivity contribution in [2.75, 3.05) is 13.1 Å². The van der Waals surface area contributed by atoms with Crippen molar-refractivity contribution < 1.29 is 13.2 Å². The van der Waals surface area contributed by atoms with Gasteiger partial charge in [0.25, 0.3) is 0 Å². The third-order valence-corrected chi connectivity index (χ3v) is 10.2.